The van der Waals surface area contributed by atoms with Crippen molar-refractivity contribution >= 4 is 5.91 Å². The molecule has 144 valence electrons. The van der Waals surface area contributed by atoms with Crippen LogP contribution in [0.4, 0.5) is 4.39 Å². The van der Waals surface area contributed by atoms with Gasteiger partial charge in [0.05, 0.1) is 12.8 Å². The van der Waals surface area contributed by atoms with Crippen LogP contribution >= 0.6 is 0 Å². The lowest BCUT2D eigenvalue weighted by atomic mass is 10.1. The van der Waals surface area contributed by atoms with Gasteiger partial charge in [0.1, 0.15) is 17.6 Å². The third kappa shape index (κ3) is 4.43. The molecule has 0 bridgehead atoms. The molecule has 1 unspecified atom stereocenters. The number of carbonyl (C=O) groups excluding carboxylic acids is 1. The SMILES string of the molecule is COc1cccc(CNC(=O)C(C)n2nc(-c3ccc(F)cc3)ccc2=O)c1. The highest BCUT2D eigenvalue weighted by Crippen LogP contribution is 2.17. The minimum Gasteiger partial charge on any atom is -0.497 e. The monoisotopic (exact) mass is 381 g/mol. The van der Waals surface area contributed by atoms with Gasteiger partial charge in [-0.3, -0.25) is 9.59 Å². The van der Waals surface area contributed by atoms with Gasteiger partial charge in [0, 0.05) is 18.2 Å². The van der Waals surface area contributed by atoms with E-state index in [9.17, 15) is 14.0 Å². The van der Waals surface area contributed by atoms with E-state index in [0.717, 1.165) is 10.2 Å². The fourth-order valence-electron chi connectivity index (χ4n) is 2.71. The summed E-state index contributed by atoms with van der Waals surface area (Å²) in [5.41, 5.74) is 1.61. The van der Waals surface area contributed by atoms with Crippen LogP contribution in [0, 0.1) is 5.82 Å². The Morgan fingerprint density at radius 3 is 2.64 bits per heavy atom. The molecular weight excluding hydrogens is 361 g/mol. The average Bonchev–Trinajstić information content (AvgIpc) is 2.72. The molecule has 28 heavy (non-hydrogen) atoms. The second-order valence-corrected chi connectivity index (χ2v) is 6.25. The standard InChI is InChI=1S/C21H20FN3O3/c1-14(21(27)23-13-15-4-3-5-18(12-15)28-2)25-20(26)11-10-19(24-25)16-6-8-17(22)9-7-16/h3-12,14H,13H2,1-2H3,(H,23,27). The molecule has 1 heterocycles. The summed E-state index contributed by atoms with van der Waals surface area (Å²) in [7, 11) is 1.58. The number of aromatic nitrogens is 2. The molecule has 7 heteroatoms. The van der Waals surface area contributed by atoms with E-state index < -0.39 is 11.6 Å². The Morgan fingerprint density at radius 1 is 1.18 bits per heavy atom. The summed E-state index contributed by atoms with van der Waals surface area (Å²) in [6, 6.07) is 15.2. The van der Waals surface area contributed by atoms with Crippen LogP contribution < -0.4 is 15.6 Å². The molecule has 6 nitrogen and oxygen atoms in total. The maximum Gasteiger partial charge on any atom is 0.267 e. The number of hydrogen-bond donors (Lipinski definition) is 1. The summed E-state index contributed by atoms with van der Waals surface area (Å²) in [6.45, 7) is 1.90. The Balaban J connectivity index is 1.76. The third-order valence-electron chi connectivity index (χ3n) is 4.31. The molecule has 3 rings (SSSR count). The van der Waals surface area contributed by atoms with Gasteiger partial charge in [-0.2, -0.15) is 5.10 Å². The van der Waals surface area contributed by atoms with Crippen LogP contribution in [0.1, 0.15) is 18.5 Å². The van der Waals surface area contributed by atoms with Gasteiger partial charge in [0.15, 0.2) is 0 Å². The van der Waals surface area contributed by atoms with Crippen LogP contribution in [0.25, 0.3) is 11.3 Å². The number of rotatable bonds is 6. The first-order valence-electron chi connectivity index (χ1n) is 8.74. The van der Waals surface area contributed by atoms with Crippen molar-refractivity contribution < 1.29 is 13.9 Å². The number of benzene rings is 2. The number of carbonyl (C=O) groups is 1. The van der Waals surface area contributed by atoms with Crippen molar-refractivity contribution in [1.29, 1.82) is 0 Å². The molecule has 0 saturated carbocycles. The molecule has 0 aliphatic carbocycles. The number of hydrogen-bond acceptors (Lipinski definition) is 4. The van der Waals surface area contributed by atoms with E-state index in [0.29, 0.717) is 23.6 Å². The molecule has 0 aliphatic rings. The lowest BCUT2D eigenvalue weighted by Gasteiger charge is -2.15. The number of halogens is 1. The molecule has 1 amide bonds. The number of ether oxygens (including phenoxy) is 1. The van der Waals surface area contributed by atoms with Gasteiger partial charge in [-0.05, 0) is 55.0 Å². The molecular formula is C21H20FN3O3. The Kier molecular flexibility index (Phi) is 5.84. The number of methoxy groups -OCH3 is 1. The van der Waals surface area contributed by atoms with Crippen molar-refractivity contribution in [2.24, 2.45) is 0 Å². The Bertz CT molecular complexity index is 1030. The van der Waals surface area contributed by atoms with Crippen molar-refractivity contribution in [2.75, 3.05) is 7.11 Å². The second-order valence-electron chi connectivity index (χ2n) is 6.25. The first-order chi connectivity index (χ1) is 13.5. The fraction of sp³-hybridized carbons (Fsp3) is 0.190. The molecule has 0 saturated heterocycles. The van der Waals surface area contributed by atoms with Gasteiger partial charge in [0.2, 0.25) is 5.91 Å². The predicted molar refractivity (Wildman–Crippen MR) is 103 cm³/mol. The van der Waals surface area contributed by atoms with E-state index in [2.05, 4.69) is 10.4 Å². The third-order valence-corrected chi connectivity index (χ3v) is 4.31. The largest absolute Gasteiger partial charge is 0.497 e. The van der Waals surface area contributed by atoms with E-state index in [1.807, 2.05) is 24.3 Å². The van der Waals surface area contributed by atoms with Crippen LogP contribution in [-0.4, -0.2) is 22.8 Å². The average molecular weight is 381 g/mol. The number of amides is 1. The summed E-state index contributed by atoms with van der Waals surface area (Å²) in [5, 5.41) is 7.08. The normalized spacial score (nSPS) is 11.7. The smallest absolute Gasteiger partial charge is 0.267 e. The van der Waals surface area contributed by atoms with Crippen LogP contribution in [0.2, 0.25) is 0 Å². The Labute approximate surface area is 161 Å². The van der Waals surface area contributed by atoms with E-state index >= 15 is 0 Å². The summed E-state index contributed by atoms with van der Waals surface area (Å²) in [6.07, 6.45) is 0. The van der Waals surface area contributed by atoms with Crippen molar-refractivity contribution in [3.8, 4) is 17.0 Å². The molecule has 0 fully saturated rings. The fourth-order valence-corrected chi connectivity index (χ4v) is 2.71. The maximum atomic E-state index is 13.1. The molecule has 0 radical (unpaired) electrons. The van der Waals surface area contributed by atoms with Gasteiger partial charge in [-0.15, -0.1) is 0 Å². The zero-order valence-corrected chi connectivity index (χ0v) is 15.6. The summed E-state index contributed by atoms with van der Waals surface area (Å²) in [5.74, 6) is 0.000665. The Morgan fingerprint density at radius 2 is 1.93 bits per heavy atom. The molecule has 0 aliphatic heterocycles. The van der Waals surface area contributed by atoms with Crippen LogP contribution in [0.15, 0.2) is 65.5 Å². The van der Waals surface area contributed by atoms with Gasteiger partial charge in [-0.1, -0.05) is 12.1 Å². The second kappa shape index (κ2) is 8.47. The van der Waals surface area contributed by atoms with E-state index in [-0.39, 0.29) is 11.7 Å². The number of nitrogens with zero attached hydrogens (tertiary/aromatic N) is 2. The van der Waals surface area contributed by atoms with Crippen LogP contribution in [-0.2, 0) is 11.3 Å². The molecule has 2 aromatic carbocycles. The predicted octanol–water partition coefficient (Wildman–Crippen LogP) is 2.94. The van der Waals surface area contributed by atoms with E-state index in [4.69, 9.17) is 4.74 Å². The van der Waals surface area contributed by atoms with Gasteiger partial charge in [0.25, 0.3) is 5.56 Å². The summed E-state index contributed by atoms with van der Waals surface area (Å²) in [4.78, 5) is 24.7. The van der Waals surface area contributed by atoms with Gasteiger partial charge >= 0.3 is 0 Å². The molecule has 0 spiro atoms. The zero-order valence-electron chi connectivity index (χ0n) is 15.6. The van der Waals surface area contributed by atoms with E-state index in [1.165, 1.54) is 18.2 Å². The van der Waals surface area contributed by atoms with Crippen molar-refractivity contribution in [3.63, 3.8) is 0 Å². The first-order valence-corrected chi connectivity index (χ1v) is 8.74. The van der Waals surface area contributed by atoms with Crippen molar-refractivity contribution in [2.45, 2.75) is 19.5 Å². The van der Waals surface area contributed by atoms with Gasteiger partial charge in [-0.25, -0.2) is 9.07 Å². The highest BCUT2D eigenvalue weighted by atomic mass is 19.1. The summed E-state index contributed by atoms with van der Waals surface area (Å²) >= 11 is 0. The lowest BCUT2D eigenvalue weighted by molar-refractivity contribution is -0.124. The van der Waals surface area contributed by atoms with Crippen LogP contribution in [0.3, 0.4) is 0 Å². The first kappa shape index (κ1) is 19.3. The minimum atomic E-state index is -0.807. The molecule has 1 atom stereocenters. The number of nitrogens with one attached hydrogen (secondary N) is 1. The quantitative estimate of drug-likeness (QED) is 0.713. The summed E-state index contributed by atoms with van der Waals surface area (Å²) < 4.78 is 19.4. The maximum absolute atomic E-state index is 13.1. The van der Waals surface area contributed by atoms with Gasteiger partial charge < -0.3 is 10.1 Å². The minimum absolute atomic E-state index is 0.298. The lowest BCUT2D eigenvalue weighted by Crippen LogP contribution is -2.36. The molecule has 1 N–H and O–H groups in total. The highest BCUT2D eigenvalue weighted by Gasteiger charge is 2.18. The van der Waals surface area contributed by atoms with Crippen LogP contribution in [0.5, 0.6) is 5.75 Å². The molecule has 3 aromatic rings. The topological polar surface area (TPSA) is 73.2 Å². The van der Waals surface area contributed by atoms with Crippen molar-refractivity contribution in [1.82, 2.24) is 15.1 Å². The highest BCUT2D eigenvalue weighted by molar-refractivity contribution is 5.79. The Hall–Kier alpha value is -3.48. The van der Waals surface area contributed by atoms with Crippen molar-refractivity contribution in [3.05, 3.63) is 82.4 Å². The molecule has 1 aromatic heterocycles. The zero-order chi connectivity index (χ0) is 20.1. The van der Waals surface area contributed by atoms with E-state index in [1.54, 1.807) is 32.2 Å².